The van der Waals surface area contributed by atoms with Crippen LogP contribution in [0.15, 0.2) is 36.4 Å². The van der Waals surface area contributed by atoms with Gasteiger partial charge in [0.1, 0.15) is 11.0 Å². The molecule has 1 amide bonds. The second kappa shape index (κ2) is 5.21. The van der Waals surface area contributed by atoms with Crippen LogP contribution in [0.2, 0.25) is 5.15 Å². The summed E-state index contributed by atoms with van der Waals surface area (Å²) in [7, 11) is 0. The third-order valence-electron chi connectivity index (χ3n) is 3.34. The monoisotopic (exact) mass is 290 g/mol. The number of fused-ring (bicyclic) bond motifs is 1. The maximum absolute atomic E-state index is 13.4. The number of halogens is 2. The van der Waals surface area contributed by atoms with E-state index in [1.54, 1.807) is 29.2 Å². The summed E-state index contributed by atoms with van der Waals surface area (Å²) in [6.07, 6.45) is 1.08. The molecule has 0 spiro atoms. The molecule has 0 unspecified atom stereocenters. The molecule has 1 aromatic heterocycles. The lowest BCUT2D eigenvalue weighted by atomic mass is 10.0. The van der Waals surface area contributed by atoms with Crippen molar-refractivity contribution in [3.63, 3.8) is 0 Å². The molecule has 0 radical (unpaired) electrons. The number of pyridine rings is 1. The van der Waals surface area contributed by atoms with Gasteiger partial charge in [0.15, 0.2) is 0 Å². The van der Waals surface area contributed by atoms with E-state index < -0.39 is 0 Å². The molecular weight excluding hydrogens is 279 g/mol. The number of amides is 1. The van der Waals surface area contributed by atoms with E-state index in [1.807, 2.05) is 0 Å². The summed E-state index contributed by atoms with van der Waals surface area (Å²) in [6.45, 7) is 0.301. The molecule has 0 saturated heterocycles. The Labute approximate surface area is 121 Å². The molecule has 2 aromatic rings. The third-order valence-corrected chi connectivity index (χ3v) is 3.55. The number of hydrogen-bond donors (Lipinski definition) is 0. The minimum Gasteiger partial charge on any atom is -0.306 e. The number of rotatable bonds is 2. The van der Waals surface area contributed by atoms with Crippen LogP contribution in [0.3, 0.4) is 0 Å². The lowest BCUT2D eigenvalue weighted by Crippen LogP contribution is -2.34. The highest BCUT2D eigenvalue weighted by Gasteiger charge is 2.25. The lowest BCUT2D eigenvalue weighted by molar-refractivity contribution is -0.119. The van der Waals surface area contributed by atoms with Crippen LogP contribution in [0, 0.1) is 5.82 Å². The molecule has 1 aliphatic heterocycles. The SMILES string of the molecule is O=C1CCc2ccc(F)cc2N1Cc1cccc(Cl)n1. The van der Waals surface area contributed by atoms with Crippen molar-refractivity contribution in [2.45, 2.75) is 19.4 Å². The number of benzene rings is 1. The number of carbonyl (C=O) groups excluding carboxylic acids is 1. The number of hydrogen-bond acceptors (Lipinski definition) is 2. The highest BCUT2D eigenvalue weighted by Crippen LogP contribution is 2.29. The van der Waals surface area contributed by atoms with Crippen LogP contribution < -0.4 is 4.90 Å². The van der Waals surface area contributed by atoms with E-state index in [0.717, 1.165) is 5.56 Å². The van der Waals surface area contributed by atoms with Crippen LogP contribution >= 0.6 is 11.6 Å². The molecule has 0 N–H and O–H groups in total. The molecule has 3 nitrogen and oxygen atoms in total. The average molecular weight is 291 g/mol. The zero-order chi connectivity index (χ0) is 14.1. The van der Waals surface area contributed by atoms with Gasteiger partial charge in [-0.05, 0) is 36.2 Å². The zero-order valence-corrected chi connectivity index (χ0v) is 11.4. The predicted molar refractivity (Wildman–Crippen MR) is 75.2 cm³/mol. The van der Waals surface area contributed by atoms with E-state index >= 15 is 0 Å². The first-order valence-corrected chi connectivity index (χ1v) is 6.71. The van der Waals surface area contributed by atoms with Gasteiger partial charge in [-0.1, -0.05) is 23.7 Å². The number of aromatic nitrogens is 1. The molecular formula is C15H12ClFN2O. The lowest BCUT2D eigenvalue weighted by Gasteiger charge is -2.29. The van der Waals surface area contributed by atoms with Crippen LogP contribution in [0.1, 0.15) is 17.7 Å². The fraction of sp³-hybridized carbons (Fsp3) is 0.200. The third kappa shape index (κ3) is 2.51. The highest BCUT2D eigenvalue weighted by molar-refractivity contribution is 6.29. The zero-order valence-electron chi connectivity index (χ0n) is 10.6. The fourth-order valence-corrected chi connectivity index (χ4v) is 2.57. The van der Waals surface area contributed by atoms with Gasteiger partial charge in [-0.3, -0.25) is 4.79 Å². The second-order valence-corrected chi connectivity index (χ2v) is 5.09. The van der Waals surface area contributed by atoms with Crippen LogP contribution in [0.25, 0.3) is 0 Å². The number of carbonyl (C=O) groups is 1. The molecule has 5 heteroatoms. The normalized spacial score (nSPS) is 14.3. The maximum atomic E-state index is 13.4. The van der Waals surface area contributed by atoms with Crippen molar-refractivity contribution in [2.24, 2.45) is 0 Å². The largest absolute Gasteiger partial charge is 0.306 e. The van der Waals surface area contributed by atoms with E-state index in [2.05, 4.69) is 4.98 Å². The molecule has 102 valence electrons. The van der Waals surface area contributed by atoms with E-state index in [-0.39, 0.29) is 11.7 Å². The van der Waals surface area contributed by atoms with Gasteiger partial charge in [-0.2, -0.15) is 0 Å². The van der Waals surface area contributed by atoms with Crippen molar-refractivity contribution in [3.05, 3.63) is 58.6 Å². The summed E-state index contributed by atoms with van der Waals surface area (Å²) in [5.74, 6) is -0.368. The molecule has 0 fully saturated rings. The van der Waals surface area contributed by atoms with Crippen molar-refractivity contribution in [1.29, 1.82) is 0 Å². The van der Waals surface area contributed by atoms with Crippen LogP contribution in [-0.4, -0.2) is 10.9 Å². The molecule has 1 aliphatic rings. The summed E-state index contributed by atoms with van der Waals surface area (Å²) in [5, 5.41) is 0.381. The van der Waals surface area contributed by atoms with Crippen LogP contribution in [-0.2, 0) is 17.8 Å². The number of anilines is 1. The van der Waals surface area contributed by atoms with E-state index in [9.17, 15) is 9.18 Å². The summed E-state index contributed by atoms with van der Waals surface area (Å²) >= 11 is 5.85. The standard InChI is InChI=1S/C15H12ClFN2O/c16-14-3-1-2-12(18-14)9-19-13-8-11(17)6-4-10(13)5-7-15(19)20/h1-4,6,8H,5,7,9H2. The molecule has 1 aromatic carbocycles. The van der Waals surface area contributed by atoms with Gasteiger partial charge < -0.3 is 4.90 Å². The first-order chi connectivity index (χ1) is 9.63. The van der Waals surface area contributed by atoms with Crippen molar-refractivity contribution in [3.8, 4) is 0 Å². The molecule has 20 heavy (non-hydrogen) atoms. The minimum atomic E-state index is -0.345. The first-order valence-electron chi connectivity index (χ1n) is 6.34. The number of aryl methyl sites for hydroxylation is 1. The predicted octanol–water partition coefficient (Wildman–Crippen LogP) is 3.35. The average Bonchev–Trinajstić information content (AvgIpc) is 2.42. The van der Waals surface area contributed by atoms with Gasteiger partial charge in [0.25, 0.3) is 0 Å². The minimum absolute atomic E-state index is 0.0233. The highest BCUT2D eigenvalue weighted by atomic mass is 35.5. The first kappa shape index (κ1) is 13.1. The van der Waals surface area contributed by atoms with Crippen molar-refractivity contribution >= 4 is 23.2 Å². The van der Waals surface area contributed by atoms with E-state index in [0.29, 0.717) is 35.9 Å². The van der Waals surface area contributed by atoms with Crippen LogP contribution in [0.5, 0.6) is 0 Å². The summed E-state index contributed by atoms with van der Waals surface area (Å²) < 4.78 is 13.4. The Kier molecular flexibility index (Phi) is 3.40. The quantitative estimate of drug-likeness (QED) is 0.795. The Morgan fingerprint density at radius 2 is 2.10 bits per heavy atom. The summed E-state index contributed by atoms with van der Waals surface area (Å²) in [6, 6.07) is 9.81. The molecule has 2 heterocycles. The topological polar surface area (TPSA) is 33.2 Å². The smallest absolute Gasteiger partial charge is 0.227 e. The van der Waals surface area contributed by atoms with Crippen molar-refractivity contribution < 1.29 is 9.18 Å². The summed E-state index contributed by atoms with van der Waals surface area (Å²) in [4.78, 5) is 17.8. The van der Waals surface area contributed by atoms with Gasteiger partial charge in [-0.15, -0.1) is 0 Å². The number of nitrogens with zero attached hydrogens (tertiary/aromatic N) is 2. The maximum Gasteiger partial charge on any atom is 0.227 e. The Balaban J connectivity index is 1.97. The molecule has 0 aliphatic carbocycles. The second-order valence-electron chi connectivity index (χ2n) is 4.70. The van der Waals surface area contributed by atoms with Gasteiger partial charge in [-0.25, -0.2) is 9.37 Å². The Morgan fingerprint density at radius 1 is 1.25 bits per heavy atom. The van der Waals surface area contributed by atoms with Gasteiger partial charge in [0.2, 0.25) is 5.91 Å². The molecule has 0 saturated carbocycles. The Bertz CT molecular complexity index is 675. The van der Waals surface area contributed by atoms with Crippen molar-refractivity contribution in [1.82, 2.24) is 4.98 Å². The van der Waals surface area contributed by atoms with Gasteiger partial charge in [0, 0.05) is 6.42 Å². The van der Waals surface area contributed by atoms with Gasteiger partial charge in [0.05, 0.1) is 17.9 Å². The van der Waals surface area contributed by atoms with Crippen LogP contribution in [0.4, 0.5) is 10.1 Å². The van der Waals surface area contributed by atoms with Gasteiger partial charge >= 0.3 is 0 Å². The van der Waals surface area contributed by atoms with Crippen molar-refractivity contribution in [2.75, 3.05) is 4.90 Å². The summed E-state index contributed by atoms with van der Waals surface area (Å²) in [5.41, 5.74) is 2.29. The van der Waals surface area contributed by atoms with E-state index in [4.69, 9.17) is 11.6 Å². The fourth-order valence-electron chi connectivity index (χ4n) is 2.38. The molecule has 0 atom stereocenters. The Hall–Kier alpha value is -1.94. The molecule has 0 bridgehead atoms. The van der Waals surface area contributed by atoms with E-state index in [1.165, 1.54) is 12.1 Å². The molecule has 3 rings (SSSR count). The Morgan fingerprint density at radius 3 is 2.90 bits per heavy atom.